The van der Waals surface area contributed by atoms with Crippen LogP contribution in [0, 0.1) is 12.7 Å². The second kappa shape index (κ2) is 9.31. The van der Waals surface area contributed by atoms with E-state index >= 15 is 0 Å². The largest absolute Gasteiger partial charge is 0.367 e. The average molecular weight is 475 g/mol. The second-order valence-corrected chi connectivity index (χ2v) is 8.81. The van der Waals surface area contributed by atoms with Crippen molar-refractivity contribution in [1.29, 1.82) is 0 Å². The Hall–Kier alpha value is -3.64. The molecule has 2 heterocycles. The van der Waals surface area contributed by atoms with E-state index in [9.17, 15) is 9.18 Å². The Morgan fingerprint density at radius 2 is 1.65 bits per heavy atom. The van der Waals surface area contributed by atoms with E-state index in [1.54, 1.807) is 22.9 Å². The fraction of sp³-hybridized carbons (Fsp3) is 0.185. The summed E-state index contributed by atoms with van der Waals surface area (Å²) in [5.74, 6) is -0.393. The van der Waals surface area contributed by atoms with Crippen LogP contribution in [-0.2, 0) is 0 Å². The van der Waals surface area contributed by atoms with Crippen LogP contribution in [0.4, 0.5) is 10.1 Å². The highest BCUT2D eigenvalue weighted by molar-refractivity contribution is 6.33. The summed E-state index contributed by atoms with van der Waals surface area (Å²) in [5, 5.41) is 5.44. The number of piperazine rings is 1. The third-order valence-corrected chi connectivity index (χ3v) is 6.39. The molecule has 5 rings (SSSR count). The normalized spacial score (nSPS) is 13.9. The van der Waals surface area contributed by atoms with Crippen molar-refractivity contribution in [2.24, 2.45) is 0 Å². The standard InChI is InChI=1S/C27H24ClFN4O/c1-19-5-4-6-22(17-19)33-26(18-24(30-33)20-9-11-21(29)12-10-20)27(34)32-15-13-31(14-16-32)25-8-3-2-7-23(25)28/h2-12,17-18H,13-16H2,1H3. The van der Waals surface area contributed by atoms with Crippen LogP contribution in [0.15, 0.2) is 78.9 Å². The van der Waals surface area contributed by atoms with Gasteiger partial charge in [-0.05, 0) is 67.1 Å². The number of hydrogen-bond acceptors (Lipinski definition) is 3. The van der Waals surface area contributed by atoms with Crippen LogP contribution in [0.3, 0.4) is 0 Å². The number of carbonyl (C=O) groups excluding carboxylic acids is 1. The summed E-state index contributed by atoms with van der Waals surface area (Å²) >= 11 is 6.37. The summed E-state index contributed by atoms with van der Waals surface area (Å²) in [6.07, 6.45) is 0. The van der Waals surface area contributed by atoms with Crippen LogP contribution in [0.25, 0.3) is 16.9 Å². The Morgan fingerprint density at radius 1 is 0.912 bits per heavy atom. The van der Waals surface area contributed by atoms with Gasteiger partial charge < -0.3 is 9.80 Å². The van der Waals surface area contributed by atoms with Gasteiger partial charge in [0.2, 0.25) is 0 Å². The van der Waals surface area contributed by atoms with Gasteiger partial charge in [-0.15, -0.1) is 0 Å². The molecule has 0 radical (unpaired) electrons. The van der Waals surface area contributed by atoms with Crippen LogP contribution in [0.2, 0.25) is 5.02 Å². The number of para-hydroxylation sites is 1. The van der Waals surface area contributed by atoms with Gasteiger partial charge in [0.05, 0.1) is 22.1 Å². The van der Waals surface area contributed by atoms with Crippen LogP contribution in [0.5, 0.6) is 0 Å². The first-order valence-electron chi connectivity index (χ1n) is 11.2. The zero-order valence-electron chi connectivity index (χ0n) is 18.8. The molecule has 172 valence electrons. The van der Waals surface area contributed by atoms with E-state index in [0.717, 1.165) is 22.5 Å². The van der Waals surface area contributed by atoms with Gasteiger partial charge in [-0.3, -0.25) is 4.79 Å². The van der Waals surface area contributed by atoms with Crippen molar-refractivity contribution < 1.29 is 9.18 Å². The molecule has 5 nitrogen and oxygen atoms in total. The zero-order valence-corrected chi connectivity index (χ0v) is 19.5. The molecule has 0 N–H and O–H groups in total. The van der Waals surface area contributed by atoms with E-state index in [4.69, 9.17) is 16.7 Å². The molecule has 1 saturated heterocycles. The van der Waals surface area contributed by atoms with Crippen molar-refractivity contribution in [2.45, 2.75) is 6.92 Å². The molecular weight excluding hydrogens is 451 g/mol. The van der Waals surface area contributed by atoms with E-state index in [1.807, 2.05) is 60.4 Å². The van der Waals surface area contributed by atoms with E-state index in [1.165, 1.54) is 12.1 Å². The minimum Gasteiger partial charge on any atom is -0.367 e. The number of anilines is 1. The average Bonchev–Trinajstić information content (AvgIpc) is 3.30. The lowest BCUT2D eigenvalue weighted by Gasteiger charge is -2.36. The number of amides is 1. The van der Waals surface area contributed by atoms with E-state index in [-0.39, 0.29) is 11.7 Å². The van der Waals surface area contributed by atoms with Gasteiger partial charge in [-0.1, -0.05) is 35.9 Å². The monoisotopic (exact) mass is 474 g/mol. The number of aromatic nitrogens is 2. The molecule has 34 heavy (non-hydrogen) atoms. The number of hydrogen-bond donors (Lipinski definition) is 0. The third-order valence-electron chi connectivity index (χ3n) is 6.07. The van der Waals surface area contributed by atoms with Crippen molar-refractivity contribution >= 4 is 23.2 Å². The molecule has 1 fully saturated rings. The lowest BCUT2D eigenvalue weighted by Crippen LogP contribution is -2.49. The molecule has 7 heteroatoms. The first-order valence-corrected chi connectivity index (χ1v) is 11.6. The summed E-state index contributed by atoms with van der Waals surface area (Å²) in [6.45, 7) is 4.55. The molecule has 0 atom stereocenters. The van der Waals surface area contributed by atoms with Crippen LogP contribution < -0.4 is 4.90 Å². The Labute approximate surface area is 203 Å². The second-order valence-electron chi connectivity index (χ2n) is 8.40. The lowest BCUT2D eigenvalue weighted by molar-refractivity contribution is 0.0737. The maximum absolute atomic E-state index is 13.6. The molecule has 0 saturated carbocycles. The Morgan fingerprint density at radius 3 is 2.35 bits per heavy atom. The minimum atomic E-state index is -0.311. The smallest absolute Gasteiger partial charge is 0.272 e. The summed E-state index contributed by atoms with van der Waals surface area (Å²) in [5.41, 5.74) is 4.73. The Kier molecular flexibility index (Phi) is 6.07. The summed E-state index contributed by atoms with van der Waals surface area (Å²) in [7, 11) is 0. The van der Waals surface area contributed by atoms with Crippen LogP contribution in [-0.4, -0.2) is 46.8 Å². The van der Waals surface area contributed by atoms with Gasteiger partial charge in [-0.2, -0.15) is 5.10 Å². The zero-order chi connectivity index (χ0) is 23.7. The van der Waals surface area contributed by atoms with Gasteiger partial charge in [0.25, 0.3) is 5.91 Å². The molecular formula is C27H24ClFN4O. The highest BCUT2D eigenvalue weighted by Crippen LogP contribution is 2.27. The van der Waals surface area contributed by atoms with Crippen molar-refractivity contribution in [3.63, 3.8) is 0 Å². The fourth-order valence-electron chi connectivity index (χ4n) is 4.27. The molecule has 3 aromatic carbocycles. The number of carbonyl (C=O) groups is 1. The van der Waals surface area contributed by atoms with Gasteiger partial charge in [0.1, 0.15) is 11.5 Å². The first kappa shape index (κ1) is 22.2. The quantitative estimate of drug-likeness (QED) is 0.386. The van der Waals surface area contributed by atoms with Crippen molar-refractivity contribution in [3.8, 4) is 16.9 Å². The molecule has 4 aromatic rings. The molecule has 0 bridgehead atoms. The summed E-state index contributed by atoms with van der Waals surface area (Å²) in [6, 6.07) is 23.6. The first-order chi connectivity index (χ1) is 16.5. The van der Waals surface area contributed by atoms with Crippen molar-refractivity contribution in [1.82, 2.24) is 14.7 Å². The lowest BCUT2D eigenvalue weighted by atomic mass is 10.1. The summed E-state index contributed by atoms with van der Waals surface area (Å²) in [4.78, 5) is 17.7. The Bertz CT molecular complexity index is 1330. The highest BCUT2D eigenvalue weighted by Gasteiger charge is 2.27. The molecule has 0 unspecified atom stereocenters. The predicted octanol–water partition coefficient (Wildman–Crippen LogP) is 5.60. The Balaban J connectivity index is 1.44. The molecule has 0 aliphatic carbocycles. The topological polar surface area (TPSA) is 41.4 Å². The van der Waals surface area contributed by atoms with Crippen molar-refractivity contribution in [3.05, 3.63) is 101 Å². The van der Waals surface area contributed by atoms with E-state index < -0.39 is 0 Å². The van der Waals surface area contributed by atoms with Gasteiger partial charge >= 0.3 is 0 Å². The minimum absolute atomic E-state index is 0.0822. The number of aryl methyl sites for hydroxylation is 1. The van der Waals surface area contributed by atoms with E-state index in [0.29, 0.717) is 42.6 Å². The molecule has 0 spiro atoms. The SMILES string of the molecule is Cc1cccc(-n2nc(-c3ccc(F)cc3)cc2C(=O)N2CCN(c3ccccc3Cl)CC2)c1. The van der Waals surface area contributed by atoms with Crippen molar-refractivity contribution in [2.75, 3.05) is 31.1 Å². The van der Waals surface area contributed by atoms with Gasteiger partial charge in [0.15, 0.2) is 0 Å². The maximum Gasteiger partial charge on any atom is 0.272 e. The highest BCUT2D eigenvalue weighted by atomic mass is 35.5. The van der Waals surface area contributed by atoms with Crippen LogP contribution >= 0.6 is 11.6 Å². The molecule has 1 amide bonds. The van der Waals surface area contributed by atoms with Gasteiger partial charge in [0, 0.05) is 31.7 Å². The fourth-order valence-corrected chi connectivity index (χ4v) is 4.53. The number of halogens is 2. The maximum atomic E-state index is 13.6. The number of nitrogens with zero attached hydrogens (tertiary/aromatic N) is 4. The van der Waals surface area contributed by atoms with Crippen LogP contribution in [0.1, 0.15) is 16.1 Å². The number of benzene rings is 3. The molecule has 1 aliphatic heterocycles. The molecule has 1 aromatic heterocycles. The molecule has 1 aliphatic rings. The van der Waals surface area contributed by atoms with E-state index in [2.05, 4.69) is 4.90 Å². The summed E-state index contributed by atoms with van der Waals surface area (Å²) < 4.78 is 15.1. The number of rotatable bonds is 4. The third kappa shape index (κ3) is 4.41. The van der Waals surface area contributed by atoms with Gasteiger partial charge in [-0.25, -0.2) is 9.07 Å². The predicted molar refractivity (Wildman–Crippen MR) is 133 cm³/mol.